The Morgan fingerprint density at radius 2 is 2.07 bits per heavy atom. The molecule has 0 unspecified atom stereocenters. The number of fused-ring (bicyclic) bond motifs is 1. The highest BCUT2D eigenvalue weighted by molar-refractivity contribution is 5.82. The Hall–Kier alpha value is -3.27. The molecule has 2 aliphatic rings. The average molecular weight is 408 g/mol. The van der Waals surface area contributed by atoms with E-state index in [0.717, 1.165) is 29.6 Å². The van der Waals surface area contributed by atoms with Crippen LogP contribution >= 0.6 is 0 Å². The van der Waals surface area contributed by atoms with Gasteiger partial charge in [-0.1, -0.05) is 6.07 Å². The first-order chi connectivity index (χ1) is 14.8. The first-order valence-electron chi connectivity index (χ1n) is 10.2. The second-order valence-electron chi connectivity index (χ2n) is 7.63. The van der Waals surface area contributed by atoms with Gasteiger partial charge in [0.05, 0.1) is 19.5 Å². The van der Waals surface area contributed by atoms with Gasteiger partial charge in [0.1, 0.15) is 11.8 Å². The van der Waals surface area contributed by atoms with Crippen LogP contribution < -0.4 is 10.6 Å². The van der Waals surface area contributed by atoms with E-state index in [-0.39, 0.29) is 18.1 Å². The summed E-state index contributed by atoms with van der Waals surface area (Å²) in [5.74, 6) is 0.707. The summed E-state index contributed by atoms with van der Waals surface area (Å²) in [7, 11) is 0. The molecule has 3 aromatic heterocycles. The largest absolute Gasteiger partial charge is 0.378 e. The van der Waals surface area contributed by atoms with Crippen LogP contribution in [0.15, 0.2) is 37.2 Å². The van der Waals surface area contributed by atoms with Crippen LogP contribution in [0.4, 0.5) is 10.6 Å². The van der Waals surface area contributed by atoms with Crippen LogP contribution in [0, 0.1) is 0 Å². The number of amides is 2. The molecular formula is C20H24N8O2. The van der Waals surface area contributed by atoms with Gasteiger partial charge in [-0.15, -0.1) is 0 Å². The summed E-state index contributed by atoms with van der Waals surface area (Å²) >= 11 is 0. The third-order valence-electron chi connectivity index (χ3n) is 5.67. The van der Waals surface area contributed by atoms with Crippen molar-refractivity contribution < 1.29 is 9.53 Å². The molecule has 4 heterocycles. The Morgan fingerprint density at radius 1 is 1.20 bits per heavy atom. The standard InChI is InChI=1S/C20H24N8O2/c29-20(27-4-6-30-7-5-27)26-15-8-16(9-15)28-13-25-17-18(23-12-24-19(17)28)22-11-14-2-1-3-21-10-14/h1-3,10,12-13,15-16H,4-9,11H2,(H,26,29)(H,22,23,24). The molecule has 156 valence electrons. The SMILES string of the molecule is O=C(NC1CC(n2cnc3c(NCc4cccnc4)ncnc32)C1)N1CCOCC1. The molecule has 3 aromatic rings. The van der Waals surface area contributed by atoms with E-state index in [1.165, 1.54) is 0 Å². The lowest BCUT2D eigenvalue weighted by Crippen LogP contribution is -2.52. The van der Waals surface area contributed by atoms with Crippen molar-refractivity contribution in [1.29, 1.82) is 0 Å². The maximum absolute atomic E-state index is 12.3. The van der Waals surface area contributed by atoms with Crippen molar-refractivity contribution in [3.8, 4) is 0 Å². The van der Waals surface area contributed by atoms with Crippen LogP contribution in [0.3, 0.4) is 0 Å². The normalized spacial score (nSPS) is 21.3. The average Bonchev–Trinajstić information content (AvgIpc) is 3.20. The molecule has 10 heteroatoms. The van der Waals surface area contributed by atoms with E-state index in [4.69, 9.17) is 4.74 Å². The second-order valence-corrected chi connectivity index (χ2v) is 7.63. The van der Waals surface area contributed by atoms with Gasteiger partial charge < -0.3 is 24.8 Å². The molecule has 1 saturated heterocycles. The molecule has 0 radical (unpaired) electrons. The number of aromatic nitrogens is 5. The van der Waals surface area contributed by atoms with E-state index in [9.17, 15) is 4.79 Å². The number of ether oxygens (including phenoxy) is 1. The Labute approximate surface area is 173 Å². The summed E-state index contributed by atoms with van der Waals surface area (Å²) < 4.78 is 7.39. The van der Waals surface area contributed by atoms with Gasteiger partial charge in [-0.3, -0.25) is 4.98 Å². The molecule has 1 aliphatic heterocycles. The molecule has 2 amide bonds. The number of anilines is 1. The number of pyridine rings is 1. The minimum Gasteiger partial charge on any atom is -0.378 e. The maximum Gasteiger partial charge on any atom is 0.317 e. The molecule has 0 spiro atoms. The zero-order valence-electron chi connectivity index (χ0n) is 16.6. The zero-order chi connectivity index (χ0) is 20.3. The molecule has 0 bridgehead atoms. The third kappa shape index (κ3) is 3.78. The smallest absolute Gasteiger partial charge is 0.317 e. The summed E-state index contributed by atoms with van der Waals surface area (Å²) in [6, 6.07) is 4.36. The number of carbonyl (C=O) groups excluding carboxylic acids is 1. The monoisotopic (exact) mass is 408 g/mol. The molecule has 0 aromatic carbocycles. The van der Waals surface area contributed by atoms with Gasteiger partial charge in [-0.05, 0) is 24.5 Å². The predicted molar refractivity (Wildman–Crippen MR) is 110 cm³/mol. The summed E-state index contributed by atoms with van der Waals surface area (Å²) in [5, 5.41) is 6.45. The van der Waals surface area contributed by atoms with Gasteiger partial charge in [0.15, 0.2) is 11.5 Å². The Balaban J connectivity index is 1.21. The number of hydrogen-bond donors (Lipinski definition) is 2. The van der Waals surface area contributed by atoms with Crippen LogP contribution in [0.5, 0.6) is 0 Å². The Kier molecular flexibility index (Phi) is 5.14. The van der Waals surface area contributed by atoms with E-state index < -0.39 is 0 Å². The number of carbonyl (C=O) groups is 1. The zero-order valence-corrected chi connectivity index (χ0v) is 16.6. The van der Waals surface area contributed by atoms with Crippen molar-refractivity contribution in [2.45, 2.75) is 31.5 Å². The van der Waals surface area contributed by atoms with E-state index in [2.05, 4.69) is 35.1 Å². The van der Waals surface area contributed by atoms with Gasteiger partial charge in [-0.2, -0.15) is 0 Å². The molecule has 10 nitrogen and oxygen atoms in total. The van der Waals surface area contributed by atoms with Gasteiger partial charge in [-0.25, -0.2) is 19.7 Å². The number of nitrogens with zero attached hydrogens (tertiary/aromatic N) is 6. The van der Waals surface area contributed by atoms with Crippen LogP contribution in [0.25, 0.3) is 11.2 Å². The molecule has 1 saturated carbocycles. The Bertz CT molecular complexity index is 1010. The lowest BCUT2D eigenvalue weighted by Gasteiger charge is -2.38. The van der Waals surface area contributed by atoms with Crippen molar-refractivity contribution in [3.05, 3.63) is 42.7 Å². The lowest BCUT2D eigenvalue weighted by atomic mass is 9.86. The first-order valence-corrected chi connectivity index (χ1v) is 10.2. The number of imidazole rings is 1. The summed E-state index contributed by atoms with van der Waals surface area (Å²) in [6.45, 7) is 3.14. The van der Waals surface area contributed by atoms with E-state index in [1.54, 1.807) is 12.5 Å². The van der Waals surface area contributed by atoms with E-state index >= 15 is 0 Å². The minimum atomic E-state index is 0.00134. The molecular weight excluding hydrogens is 384 g/mol. The molecule has 2 fully saturated rings. The highest BCUT2D eigenvalue weighted by atomic mass is 16.5. The summed E-state index contributed by atoms with van der Waals surface area (Å²) in [4.78, 5) is 31.6. The fourth-order valence-electron chi connectivity index (χ4n) is 3.90. The third-order valence-corrected chi connectivity index (χ3v) is 5.67. The van der Waals surface area contributed by atoms with Crippen LogP contribution in [-0.4, -0.2) is 67.8 Å². The number of hydrogen-bond acceptors (Lipinski definition) is 7. The van der Waals surface area contributed by atoms with Crippen LogP contribution in [0.2, 0.25) is 0 Å². The van der Waals surface area contributed by atoms with Crippen molar-refractivity contribution in [3.63, 3.8) is 0 Å². The van der Waals surface area contributed by atoms with Gasteiger partial charge in [0.25, 0.3) is 0 Å². The predicted octanol–water partition coefficient (Wildman–Crippen LogP) is 1.58. The van der Waals surface area contributed by atoms with Gasteiger partial charge in [0.2, 0.25) is 0 Å². The van der Waals surface area contributed by atoms with Crippen molar-refractivity contribution in [1.82, 2.24) is 34.7 Å². The molecule has 2 N–H and O–H groups in total. The second kappa shape index (κ2) is 8.23. The fraction of sp³-hybridized carbons (Fsp3) is 0.450. The molecule has 5 rings (SSSR count). The maximum atomic E-state index is 12.3. The molecule has 0 atom stereocenters. The topological polar surface area (TPSA) is 110 Å². The number of rotatable bonds is 5. The fourth-order valence-corrected chi connectivity index (χ4v) is 3.90. The minimum absolute atomic E-state index is 0.00134. The van der Waals surface area contributed by atoms with Crippen molar-refractivity contribution in [2.24, 2.45) is 0 Å². The van der Waals surface area contributed by atoms with Crippen LogP contribution in [-0.2, 0) is 11.3 Å². The lowest BCUT2D eigenvalue weighted by molar-refractivity contribution is 0.0509. The molecule has 1 aliphatic carbocycles. The van der Waals surface area contributed by atoms with Gasteiger partial charge in [0, 0.05) is 44.1 Å². The van der Waals surface area contributed by atoms with Crippen LogP contribution in [0.1, 0.15) is 24.4 Å². The summed E-state index contributed by atoms with van der Waals surface area (Å²) in [5.41, 5.74) is 2.63. The van der Waals surface area contributed by atoms with Crippen molar-refractivity contribution >= 4 is 23.0 Å². The highest BCUT2D eigenvalue weighted by Gasteiger charge is 2.34. The van der Waals surface area contributed by atoms with E-state index in [1.807, 2.05) is 29.6 Å². The highest BCUT2D eigenvalue weighted by Crippen LogP contribution is 2.35. The molecule has 30 heavy (non-hydrogen) atoms. The number of nitrogens with one attached hydrogen (secondary N) is 2. The van der Waals surface area contributed by atoms with Gasteiger partial charge >= 0.3 is 6.03 Å². The summed E-state index contributed by atoms with van der Waals surface area (Å²) in [6.07, 6.45) is 8.68. The van der Waals surface area contributed by atoms with Crippen molar-refractivity contribution in [2.75, 3.05) is 31.6 Å². The Morgan fingerprint density at radius 3 is 2.87 bits per heavy atom. The number of morpholine rings is 1. The van der Waals surface area contributed by atoms with E-state index in [0.29, 0.717) is 38.7 Å². The quantitative estimate of drug-likeness (QED) is 0.659. The number of urea groups is 1. The first kappa shape index (κ1) is 18.7.